The number of aryl methyl sites for hydroxylation is 1. The Bertz CT molecular complexity index is 442. The fourth-order valence-corrected chi connectivity index (χ4v) is 2.48. The summed E-state index contributed by atoms with van der Waals surface area (Å²) in [4.78, 5) is 15.8. The van der Waals surface area contributed by atoms with Crippen LogP contribution in [-0.4, -0.2) is 28.0 Å². The largest absolute Gasteiger partial charge is 0.396 e. The quantitative estimate of drug-likeness (QED) is 0.856. The van der Waals surface area contributed by atoms with Crippen LogP contribution in [-0.2, 0) is 4.79 Å². The number of nitrogens with one attached hydrogen (secondary N) is 1. The van der Waals surface area contributed by atoms with Crippen LogP contribution in [0.15, 0.2) is 29.3 Å². The number of thioether (sulfide) groups is 1. The molecule has 1 amide bonds. The Hall–Kier alpha value is -1.33. The van der Waals surface area contributed by atoms with E-state index in [1.54, 1.807) is 0 Å². The average molecular weight is 250 g/mol. The van der Waals surface area contributed by atoms with Crippen LogP contribution in [0.25, 0.3) is 0 Å². The number of aliphatic imine (C=N–C) groups is 1. The Morgan fingerprint density at radius 3 is 2.76 bits per heavy atom. The van der Waals surface area contributed by atoms with Crippen molar-refractivity contribution in [2.75, 3.05) is 6.61 Å². The maximum absolute atomic E-state index is 11.5. The lowest BCUT2D eigenvalue weighted by atomic mass is 10.2. The molecule has 2 N–H and O–H groups in total. The van der Waals surface area contributed by atoms with Crippen LogP contribution >= 0.6 is 11.8 Å². The minimum atomic E-state index is -0.218. The van der Waals surface area contributed by atoms with Gasteiger partial charge in [-0.1, -0.05) is 29.5 Å². The molecule has 0 aliphatic carbocycles. The van der Waals surface area contributed by atoms with Crippen LogP contribution in [0.3, 0.4) is 0 Å². The number of aliphatic hydroxyl groups is 1. The molecule has 0 bridgehead atoms. The predicted octanol–water partition coefficient (Wildman–Crippen LogP) is 1.60. The summed E-state index contributed by atoms with van der Waals surface area (Å²) in [6.07, 6.45) is 0.462. The molecule has 1 aromatic carbocycles. The van der Waals surface area contributed by atoms with Crippen LogP contribution in [0.1, 0.15) is 12.0 Å². The fraction of sp³-hybridized carbons (Fsp3) is 0.333. The van der Waals surface area contributed by atoms with Crippen LogP contribution in [0.5, 0.6) is 0 Å². The number of hydrogen-bond donors (Lipinski definition) is 2. The summed E-state index contributed by atoms with van der Waals surface area (Å²) in [5.41, 5.74) is 2.00. The summed E-state index contributed by atoms with van der Waals surface area (Å²) < 4.78 is 0. The summed E-state index contributed by atoms with van der Waals surface area (Å²) in [5, 5.41) is 11.9. The first-order valence-corrected chi connectivity index (χ1v) is 6.31. The second kappa shape index (κ2) is 5.33. The van der Waals surface area contributed by atoms with Gasteiger partial charge >= 0.3 is 0 Å². The SMILES string of the molecule is Cc1ccc(N=C2NC(=O)C(CCO)S2)cc1. The highest BCUT2D eigenvalue weighted by Gasteiger charge is 2.29. The third-order valence-corrected chi connectivity index (χ3v) is 3.58. The van der Waals surface area contributed by atoms with Gasteiger partial charge in [-0.3, -0.25) is 4.79 Å². The summed E-state index contributed by atoms with van der Waals surface area (Å²) in [6.45, 7) is 2.03. The zero-order chi connectivity index (χ0) is 12.3. The van der Waals surface area contributed by atoms with Gasteiger partial charge in [0.25, 0.3) is 0 Å². The van der Waals surface area contributed by atoms with Gasteiger partial charge in [-0.2, -0.15) is 0 Å². The molecule has 17 heavy (non-hydrogen) atoms. The Kier molecular flexibility index (Phi) is 3.81. The molecule has 90 valence electrons. The van der Waals surface area contributed by atoms with Crippen molar-refractivity contribution in [1.29, 1.82) is 0 Å². The first-order chi connectivity index (χ1) is 8.19. The van der Waals surface area contributed by atoms with Crippen molar-refractivity contribution in [3.05, 3.63) is 29.8 Å². The van der Waals surface area contributed by atoms with Crippen LogP contribution in [0.2, 0.25) is 0 Å². The number of carbonyl (C=O) groups excluding carboxylic acids is 1. The topological polar surface area (TPSA) is 61.7 Å². The van der Waals surface area contributed by atoms with Gasteiger partial charge in [-0.15, -0.1) is 0 Å². The van der Waals surface area contributed by atoms with Crippen molar-refractivity contribution in [3.8, 4) is 0 Å². The van der Waals surface area contributed by atoms with Crippen molar-refractivity contribution >= 4 is 28.5 Å². The number of benzene rings is 1. The lowest BCUT2D eigenvalue weighted by Gasteiger charge is -1.99. The van der Waals surface area contributed by atoms with Crippen molar-refractivity contribution in [2.45, 2.75) is 18.6 Å². The zero-order valence-corrected chi connectivity index (χ0v) is 10.3. The monoisotopic (exact) mass is 250 g/mol. The molecule has 1 unspecified atom stereocenters. The summed E-state index contributed by atoms with van der Waals surface area (Å²) in [5.74, 6) is -0.0742. The molecule has 4 nitrogen and oxygen atoms in total. The van der Waals surface area contributed by atoms with Crippen molar-refractivity contribution < 1.29 is 9.90 Å². The molecule has 0 radical (unpaired) electrons. The first kappa shape index (κ1) is 12.1. The molecule has 0 aromatic heterocycles. The van der Waals surface area contributed by atoms with E-state index < -0.39 is 0 Å². The summed E-state index contributed by atoms with van der Waals surface area (Å²) >= 11 is 1.37. The lowest BCUT2D eigenvalue weighted by molar-refractivity contribution is -0.119. The molecular formula is C12H14N2O2S. The van der Waals surface area contributed by atoms with Gasteiger partial charge in [0, 0.05) is 6.61 Å². The van der Waals surface area contributed by atoms with Crippen molar-refractivity contribution in [1.82, 2.24) is 5.32 Å². The lowest BCUT2D eigenvalue weighted by Crippen LogP contribution is -2.25. The van der Waals surface area contributed by atoms with E-state index in [1.807, 2.05) is 31.2 Å². The molecule has 1 atom stereocenters. The van der Waals surface area contributed by atoms with Crippen molar-refractivity contribution in [3.63, 3.8) is 0 Å². The highest BCUT2D eigenvalue weighted by molar-refractivity contribution is 8.15. The summed E-state index contributed by atoms with van der Waals surface area (Å²) in [6, 6.07) is 7.78. The molecule has 1 aromatic rings. The second-order valence-electron chi connectivity index (χ2n) is 3.86. The third-order valence-electron chi connectivity index (χ3n) is 2.43. The van der Waals surface area contributed by atoms with E-state index in [1.165, 1.54) is 17.3 Å². The third kappa shape index (κ3) is 3.08. The van der Waals surface area contributed by atoms with Crippen LogP contribution < -0.4 is 5.32 Å². The van der Waals surface area contributed by atoms with E-state index in [4.69, 9.17) is 5.11 Å². The number of nitrogens with zero attached hydrogens (tertiary/aromatic N) is 1. The van der Waals surface area contributed by atoms with Gasteiger partial charge in [0.15, 0.2) is 5.17 Å². The van der Waals surface area contributed by atoms with Crippen molar-refractivity contribution in [2.24, 2.45) is 4.99 Å². The molecule has 1 fully saturated rings. The fourth-order valence-electron chi connectivity index (χ4n) is 1.50. The van der Waals surface area contributed by atoms with Gasteiger partial charge in [-0.25, -0.2) is 4.99 Å². The van der Waals surface area contributed by atoms with Gasteiger partial charge in [-0.05, 0) is 25.5 Å². The Morgan fingerprint density at radius 1 is 1.41 bits per heavy atom. The molecule has 1 aliphatic heterocycles. The number of aliphatic hydroxyl groups excluding tert-OH is 1. The summed E-state index contributed by atoms with van der Waals surface area (Å²) in [7, 11) is 0. The van der Waals surface area contributed by atoms with E-state index in [-0.39, 0.29) is 17.8 Å². The maximum atomic E-state index is 11.5. The van der Waals surface area contributed by atoms with Gasteiger partial charge in [0.2, 0.25) is 5.91 Å². The maximum Gasteiger partial charge on any atom is 0.239 e. The van der Waals surface area contributed by atoms with Gasteiger partial charge in [0.1, 0.15) is 0 Å². The van der Waals surface area contributed by atoms with Gasteiger partial charge in [0.05, 0.1) is 10.9 Å². The smallest absolute Gasteiger partial charge is 0.239 e. The second-order valence-corrected chi connectivity index (χ2v) is 5.05. The minimum absolute atomic E-state index is 0.0168. The highest BCUT2D eigenvalue weighted by Crippen LogP contribution is 2.24. The molecule has 1 aliphatic rings. The Balaban J connectivity index is 2.09. The van der Waals surface area contributed by atoms with E-state index in [0.29, 0.717) is 11.6 Å². The molecule has 2 rings (SSSR count). The molecule has 0 saturated carbocycles. The Labute approximate surface area is 104 Å². The average Bonchev–Trinajstić information content (AvgIpc) is 2.63. The van der Waals surface area contributed by atoms with Crippen LogP contribution in [0.4, 0.5) is 5.69 Å². The molecule has 0 spiro atoms. The molecular weight excluding hydrogens is 236 g/mol. The minimum Gasteiger partial charge on any atom is -0.396 e. The first-order valence-electron chi connectivity index (χ1n) is 5.43. The number of amides is 1. The Morgan fingerprint density at radius 2 is 2.12 bits per heavy atom. The van der Waals surface area contributed by atoms with E-state index in [0.717, 1.165) is 5.69 Å². The molecule has 1 saturated heterocycles. The predicted molar refractivity (Wildman–Crippen MR) is 69.5 cm³/mol. The van der Waals surface area contributed by atoms with Gasteiger partial charge < -0.3 is 10.4 Å². The standard InChI is InChI=1S/C12H14N2O2S/c1-8-2-4-9(5-3-8)13-12-14-11(16)10(17-12)6-7-15/h2-5,10,15H,6-7H2,1H3,(H,13,14,16). The van der Waals surface area contributed by atoms with E-state index in [9.17, 15) is 4.79 Å². The van der Waals surface area contributed by atoms with Crippen LogP contribution in [0, 0.1) is 6.92 Å². The number of hydrogen-bond acceptors (Lipinski definition) is 4. The molecule has 5 heteroatoms. The normalized spacial score (nSPS) is 21.9. The van der Waals surface area contributed by atoms with E-state index in [2.05, 4.69) is 10.3 Å². The molecule has 1 heterocycles. The number of carbonyl (C=O) groups is 1. The van der Waals surface area contributed by atoms with E-state index >= 15 is 0 Å². The number of rotatable bonds is 3. The zero-order valence-electron chi connectivity index (χ0n) is 9.51. The number of amidine groups is 1. The highest BCUT2D eigenvalue weighted by atomic mass is 32.2.